The third kappa shape index (κ3) is 3.78. The van der Waals surface area contributed by atoms with E-state index in [-0.39, 0.29) is 5.91 Å². The molecule has 1 unspecified atom stereocenters. The molecule has 0 aliphatic carbocycles. The molecule has 3 heterocycles. The van der Waals surface area contributed by atoms with Gasteiger partial charge in [-0.2, -0.15) is 0 Å². The molecule has 2 saturated heterocycles. The Labute approximate surface area is 142 Å². The average molecular weight is 338 g/mol. The van der Waals surface area contributed by atoms with Gasteiger partial charge in [-0.3, -0.25) is 9.69 Å². The summed E-state index contributed by atoms with van der Waals surface area (Å²) >= 11 is 6.20. The highest BCUT2D eigenvalue weighted by atomic mass is 35.5. The Hall–Kier alpha value is -1.33. The van der Waals surface area contributed by atoms with Gasteiger partial charge in [0.2, 0.25) is 5.88 Å². The van der Waals surface area contributed by atoms with Crippen molar-refractivity contribution in [3.63, 3.8) is 0 Å². The topological polar surface area (TPSA) is 45.7 Å². The van der Waals surface area contributed by atoms with Gasteiger partial charge >= 0.3 is 0 Å². The number of carbonyl (C=O) groups excluding carboxylic acids is 1. The van der Waals surface area contributed by atoms with E-state index in [4.69, 9.17) is 16.3 Å². The number of nitrogens with zero attached hydrogens (tertiary/aromatic N) is 3. The summed E-state index contributed by atoms with van der Waals surface area (Å²) in [6, 6.07) is 3.87. The van der Waals surface area contributed by atoms with E-state index < -0.39 is 0 Å². The molecule has 0 saturated carbocycles. The molecule has 0 bridgehead atoms. The zero-order valence-electron chi connectivity index (χ0n) is 13.6. The summed E-state index contributed by atoms with van der Waals surface area (Å²) in [6.45, 7) is 6.28. The minimum atomic E-state index is -0.0829. The Bertz CT molecular complexity index is 561. The highest BCUT2D eigenvalue weighted by Gasteiger charge is 2.31. The second kappa shape index (κ2) is 7.49. The summed E-state index contributed by atoms with van der Waals surface area (Å²) in [5.41, 5.74) is 0.305. The Balaban J connectivity index is 1.72. The van der Waals surface area contributed by atoms with Crippen molar-refractivity contribution >= 4 is 17.5 Å². The van der Waals surface area contributed by atoms with Crippen LogP contribution in [0, 0.1) is 0 Å². The van der Waals surface area contributed by atoms with Gasteiger partial charge in [-0.25, -0.2) is 4.98 Å². The zero-order valence-corrected chi connectivity index (χ0v) is 14.4. The first-order valence-corrected chi connectivity index (χ1v) is 8.89. The van der Waals surface area contributed by atoms with Crippen LogP contribution in [0.15, 0.2) is 12.1 Å². The number of hydrogen-bond donors (Lipinski definition) is 0. The van der Waals surface area contributed by atoms with E-state index in [1.54, 1.807) is 12.1 Å². The molecule has 5 nitrogen and oxygen atoms in total. The molecule has 0 aromatic carbocycles. The molecular weight excluding hydrogens is 314 g/mol. The summed E-state index contributed by atoms with van der Waals surface area (Å²) < 4.78 is 5.39. The van der Waals surface area contributed by atoms with Crippen molar-refractivity contribution in [1.82, 2.24) is 14.8 Å². The van der Waals surface area contributed by atoms with Crippen LogP contribution in [0.2, 0.25) is 5.02 Å². The van der Waals surface area contributed by atoms with E-state index in [9.17, 15) is 4.79 Å². The number of ether oxygens (including phenoxy) is 1. The number of rotatable bonds is 4. The van der Waals surface area contributed by atoms with Gasteiger partial charge in [0.15, 0.2) is 5.69 Å². The fourth-order valence-corrected chi connectivity index (χ4v) is 3.68. The van der Waals surface area contributed by atoms with Crippen LogP contribution in [-0.4, -0.2) is 59.5 Å². The number of likely N-dealkylation sites (tertiary alicyclic amines) is 2. The Morgan fingerprint density at radius 3 is 2.83 bits per heavy atom. The van der Waals surface area contributed by atoms with E-state index in [0.29, 0.717) is 29.2 Å². The average Bonchev–Trinajstić information content (AvgIpc) is 3.11. The first-order chi connectivity index (χ1) is 11.2. The van der Waals surface area contributed by atoms with Gasteiger partial charge in [0.05, 0.1) is 11.6 Å². The lowest BCUT2D eigenvalue weighted by Gasteiger charge is -2.37. The molecule has 6 heteroatoms. The Morgan fingerprint density at radius 1 is 1.30 bits per heavy atom. The van der Waals surface area contributed by atoms with Gasteiger partial charge in [-0.15, -0.1) is 0 Å². The second-order valence-electron chi connectivity index (χ2n) is 6.20. The van der Waals surface area contributed by atoms with E-state index in [1.165, 1.54) is 19.3 Å². The standard InChI is InChI=1S/C17H24ClN3O2/c1-2-23-15-8-7-14(18)16(19-15)17(22)21-11-5-6-13(12-21)20-9-3-4-10-20/h7-8,13H,2-6,9-12H2,1H3. The first-order valence-electron chi connectivity index (χ1n) is 8.51. The summed E-state index contributed by atoms with van der Waals surface area (Å²) in [5.74, 6) is 0.369. The minimum absolute atomic E-state index is 0.0829. The van der Waals surface area contributed by atoms with Crippen molar-refractivity contribution in [3.05, 3.63) is 22.8 Å². The maximum Gasteiger partial charge on any atom is 0.274 e. The highest BCUT2D eigenvalue weighted by molar-refractivity contribution is 6.33. The van der Waals surface area contributed by atoms with Crippen molar-refractivity contribution in [2.24, 2.45) is 0 Å². The summed E-state index contributed by atoms with van der Waals surface area (Å²) in [5, 5.41) is 0.391. The molecule has 0 spiro atoms. The predicted octanol–water partition coefficient (Wildman–Crippen LogP) is 2.83. The number of carbonyl (C=O) groups is 1. The van der Waals surface area contributed by atoms with Crippen LogP contribution >= 0.6 is 11.6 Å². The van der Waals surface area contributed by atoms with Crippen molar-refractivity contribution in [3.8, 4) is 5.88 Å². The highest BCUT2D eigenvalue weighted by Crippen LogP contribution is 2.24. The maximum absolute atomic E-state index is 12.8. The number of aromatic nitrogens is 1. The predicted molar refractivity (Wildman–Crippen MR) is 90.1 cm³/mol. The number of pyridine rings is 1. The molecule has 2 aliphatic heterocycles. The molecule has 23 heavy (non-hydrogen) atoms. The van der Waals surface area contributed by atoms with Crippen LogP contribution in [0.1, 0.15) is 43.1 Å². The van der Waals surface area contributed by atoms with E-state index >= 15 is 0 Å². The minimum Gasteiger partial charge on any atom is -0.478 e. The number of halogens is 1. The Kier molecular flexibility index (Phi) is 5.38. The number of amides is 1. The molecule has 1 aromatic heterocycles. The van der Waals surface area contributed by atoms with Gasteiger partial charge in [0.25, 0.3) is 5.91 Å². The Morgan fingerprint density at radius 2 is 2.09 bits per heavy atom. The van der Waals surface area contributed by atoms with Gasteiger partial charge in [0.1, 0.15) is 0 Å². The third-order valence-corrected chi connectivity index (χ3v) is 4.96. The molecule has 2 aliphatic rings. The third-order valence-electron chi connectivity index (χ3n) is 4.66. The molecule has 0 radical (unpaired) electrons. The number of piperidine rings is 1. The summed E-state index contributed by atoms with van der Waals surface area (Å²) in [7, 11) is 0. The second-order valence-corrected chi connectivity index (χ2v) is 6.61. The van der Waals surface area contributed by atoms with Gasteiger partial charge in [-0.1, -0.05) is 11.6 Å². The molecule has 2 fully saturated rings. The lowest BCUT2D eigenvalue weighted by molar-refractivity contribution is 0.0601. The largest absolute Gasteiger partial charge is 0.478 e. The lowest BCUT2D eigenvalue weighted by atomic mass is 10.0. The van der Waals surface area contributed by atoms with Gasteiger partial charge in [0, 0.05) is 25.2 Å². The molecule has 1 aromatic rings. The molecule has 1 atom stereocenters. The lowest BCUT2D eigenvalue weighted by Crippen LogP contribution is -2.49. The fraction of sp³-hybridized carbons (Fsp3) is 0.647. The zero-order chi connectivity index (χ0) is 16.2. The van der Waals surface area contributed by atoms with Crippen LogP contribution in [0.3, 0.4) is 0 Å². The molecule has 1 amide bonds. The normalized spacial score (nSPS) is 22.3. The van der Waals surface area contributed by atoms with Crippen molar-refractivity contribution in [2.45, 2.75) is 38.6 Å². The van der Waals surface area contributed by atoms with Crippen LogP contribution in [-0.2, 0) is 0 Å². The van der Waals surface area contributed by atoms with Crippen molar-refractivity contribution in [2.75, 3.05) is 32.8 Å². The summed E-state index contributed by atoms with van der Waals surface area (Å²) in [4.78, 5) is 21.6. The van der Waals surface area contributed by atoms with Crippen LogP contribution in [0.25, 0.3) is 0 Å². The SMILES string of the molecule is CCOc1ccc(Cl)c(C(=O)N2CCCC(N3CCCC3)C2)n1. The van der Waals surface area contributed by atoms with Gasteiger partial charge < -0.3 is 9.64 Å². The maximum atomic E-state index is 12.8. The van der Waals surface area contributed by atoms with Crippen LogP contribution in [0.5, 0.6) is 5.88 Å². The molecular formula is C17H24ClN3O2. The first kappa shape index (κ1) is 16.5. The van der Waals surface area contributed by atoms with E-state index in [1.807, 2.05) is 11.8 Å². The quantitative estimate of drug-likeness (QED) is 0.847. The van der Waals surface area contributed by atoms with E-state index in [0.717, 1.165) is 32.6 Å². The van der Waals surface area contributed by atoms with Crippen LogP contribution in [0.4, 0.5) is 0 Å². The monoisotopic (exact) mass is 337 g/mol. The van der Waals surface area contributed by atoms with Gasteiger partial charge in [-0.05, 0) is 51.8 Å². The van der Waals surface area contributed by atoms with Crippen molar-refractivity contribution < 1.29 is 9.53 Å². The van der Waals surface area contributed by atoms with E-state index in [2.05, 4.69) is 9.88 Å². The number of hydrogen-bond acceptors (Lipinski definition) is 4. The van der Waals surface area contributed by atoms with Crippen molar-refractivity contribution in [1.29, 1.82) is 0 Å². The molecule has 126 valence electrons. The summed E-state index contributed by atoms with van der Waals surface area (Å²) in [6.07, 6.45) is 4.75. The molecule has 3 rings (SSSR count). The van der Waals surface area contributed by atoms with Crippen LogP contribution < -0.4 is 4.74 Å². The smallest absolute Gasteiger partial charge is 0.274 e. The fourth-order valence-electron chi connectivity index (χ4n) is 3.50. The molecule has 0 N–H and O–H groups in total.